The maximum absolute atomic E-state index is 13.2. The lowest BCUT2D eigenvalue weighted by Gasteiger charge is -2.11. The number of rotatable bonds is 4. The fourth-order valence-electron chi connectivity index (χ4n) is 2.03. The van der Waals surface area contributed by atoms with E-state index in [-0.39, 0.29) is 10.7 Å². The zero-order chi connectivity index (χ0) is 14.0. The van der Waals surface area contributed by atoms with Crippen molar-refractivity contribution in [2.75, 3.05) is 0 Å². The van der Waals surface area contributed by atoms with Crippen LogP contribution in [0.15, 0.2) is 30.3 Å². The minimum absolute atomic E-state index is 0.0265. The Labute approximate surface area is 115 Å². The number of carbonyl (C=O) groups is 1. The number of aromatic carboxylic acids is 1. The molecule has 0 fully saturated rings. The Morgan fingerprint density at radius 2 is 2.11 bits per heavy atom. The van der Waals surface area contributed by atoms with Crippen LogP contribution in [0.3, 0.4) is 0 Å². The minimum Gasteiger partial charge on any atom is -0.477 e. The van der Waals surface area contributed by atoms with E-state index >= 15 is 0 Å². The molecule has 0 amide bonds. The van der Waals surface area contributed by atoms with Crippen LogP contribution in [-0.2, 0) is 6.54 Å². The van der Waals surface area contributed by atoms with E-state index < -0.39 is 11.8 Å². The summed E-state index contributed by atoms with van der Waals surface area (Å²) in [7, 11) is 0. The van der Waals surface area contributed by atoms with E-state index in [0.717, 1.165) is 12.1 Å². The summed E-state index contributed by atoms with van der Waals surface area (Å²) in [5.74, 6) is -1.47. The summed E-state index contributed by atoms with van der Waals surface area (Å²) in [5.41, 5.74) is 1.64. The van der Waals surface area contributed by atoms with Crippen LogP contribution in [0.4, 0.5) is 4.39 Å². The fraction of sp³-hybridized carbons (Fsp3) is 0.214. The fourth-order valence-corrected chi connectivity index (χ4v) is 2.21. The van der Waals surface area contributed by atoms with Crippen molar-refractivity contribution in [2.45, 2.75) is 19.9 Å². The van der Waals surface area contributed by atoms with Gasteiger partial charge in [0.25, 0.3) is 0 Å². The van der Waals surface area contributed by atoms with Gasteiger partial charge in [0.15, 0.2) is 0 Å². The number of hydrogen-bond donors (Lipinski definition) is 1. The number of aromatic nitrogens is 1. The third-order valence-corrected chi connectivity index (χ3v) is 3.15. The average Bonchev–Trinajstić information content (AvgIpc) is 2.77. The first kappa shape index (κ1) is 13.6. The highest BCUT2D eigenvalue weighted by Gasteiger charge is 2.15. The van der Waals surface area contributed by atoms with Crippen molar-refractivity contribution in [3.8, 4) is 11.3 Å². The molecule has 100 valence electrons. The van der Waals surface area contributed by atoms with Crippen LogP contribution < -0.4 is 0 Å². The van der Waals surface area contributed by atoms with Crippen LogP contribution in [0.2, 0.25) is 5.02 Å². The number of carboxylic acid groups (broad SMARTS) is 1. The Bertz CT molecular complexity index is 622. The highest BCUT2D eigenvalue weighted by molar-refractivity contribution is 6.31. The smallest absolute Gasteiger partial charge is 0.352 e. The van der Waals surface area contributed by atoms with Crippen LogP contribution in [0.5, 0.6) is 0 Å². The summed E-state index contributed by atoms with van der Waals surface area (Å²) in [6.45, 7) is 2.55. The first-order chi connectivity index (χ1) is 9.04. The predicted molar refractivity (Wildman–Crippen MR) is 72.1 cm³/mol. The topological polar surface area (TPSA) is 42.2 Å². The van der Waals surface area contributed by atoms with Gasteiger partial charge in [0.1, 0.15) is 11.5 Å². The summed E-state index contributed by atoms with van der Waals surface area (Å²) in [4.78, 5) is 11.2. The molecule has 0 saturated carbocycles. The predicted octanol–water partition coefficient (Wildman–Crippen LogP) is 4.06. The second kappa shape index (κ2) is 5.45. The maximum Gasteiger partial charge on any atom is 0.352 e. The molecule has 1 aromatic carbocycles. The third kappa shape index (κ3) is 2.63. The standard InChI is InChI=1S/C14H13ClFNO2/c1-2-7-17-12(5-6-13(17)14(18)19)9-3-4-11(16)10(15)8-9/h3-6,8H,2,7H2,1H3,(H,18,19). The van der Waals surface area contributed by atoms with E-state index in [1.165, 1.54) is 12.1 Å². The molecule has 0 saturated heterocycles. The minimum atomic E-state index is -0.979. The van der Waals surface area contributed by atoms with Gasteiger partial charge in [-0.2, -0.15) is 0 Å². The molecule has 0 aliphatic rings. The molecule has 0 atom stereocenters. The molecular weight excluding hydrogens is 269 g/mol. The van der Waals surface area contributed by atoms with Gasteiger partial charge in [0.05, 0.1) is 5.02 Å². The van der Waals surface area contributed by atoms with Gasteiger partial charge in [0, 0.05) is 12.2 Å². The van der Waals surface area contributed by atoms with E-state index in [1.807, 2.05) is 6.92 Å². The molecule has 0 unspecified atom stereocenters. The normalized spacial score (nSPS) is 10.7. The van der Waals surface area contributed by atoms with E-state index in [9.17, 15) is 9.18 Å². The second-order valence-electron chi connectivity index (χ2n) is 4.19. The number of hydrogen-bond acceptors (Lipinski definition) is 1. The molecule has 0 bridgehead atoms. The Kier molecular flexibility index (Phi) is 3.90. The molecule has 0 aliphatic carbocycles. The highest BCUT2D eigenvalue weighted by atomic mass is 35.5. The quantitative estimate of drug-likeness (QED) is 0.918. The molecule has 3 nitrogen and oxygen atoms in total. The number of carboxylic acids is 1. The highest BCUT2D eigenvalue weighted by Crippen LogP contribution is 2.27. The van der Waals surface area contributed by atoms with E-state index in [0.29, 0.717) is 12.1 Å². The summed E-state index contributed by atoms with van der Waals surface area (Å²) < 4.78 is 14.9. The van der Waals surface area contributed by atoms with Crippen LogP contribution in [0.1, 0.15) is 23.8 Å². The molecule has 1 heterocycles. The molecule has 5 heteroatoms. The van der Waals surface area contributed by atoms with Crippen LogP contribution in [0.25, 0.3) is 11.3 Å². The van der Waals surface area contributed by atoms with Gasteiger partial charge >= 0.3 is 5.97 Å². The van der Waals surface area contributed by atoms with Crippen molar-refractivity contribution in [3.63, 3.8) is 0 Å². The zero-order valence-corrected chi connectivity index (χ0v) is 11.1. The molecule has 1 N–H and O–H groups in total. The van der Waals surface area contributed by atoms with E-state index in [2.05, 4.69) is 0 Å². The Morgan fingerprint density at radius 3 is 2.68 bits per heavy atom. The van der Waals surface area contributed by atoms with Gasteiger partial charge in [-0.05, 0) is 42.3 Å². The lowest BCUT2D eigenvalue weighted by molar-refractivity contribution is 0.0685. The molecule has 1 aromatic heterocycles. The van der Waals surface area contributed by atoms with Crippen LogP contribution in [0, 0.1) is 5.82 Å². The van der Waals surface area contributed by atoms with Crippen LogP contribution in [-0.4, -0.2) is 15.6 Å². The molecule has 0 radical (unpaired) electrons. The Hall–Kier alpha value is -1.81. The van der Waals surface area contributed by atoms with Gasteiger partial charge in [-0.1, -0.05) is 18.5 Å². The van der Waals surface area contributed by atoms with Gasteiger partial charge in [-0.15, -0.1) is 0 Å². The first-order valence-electron chi connectivity index (χ1n) is 5.92. The lowest BCUT2D eigenvalue weighted by atomic mass is 10.1. The molecular formula is C14H13ClFNO2. The maximum atomic E-state index is 13.2. The van der Waals surface area contributed by atoms with Crippen molar-refractivity contribution in [1.82, 2.24) is 4.57 Å². The van der Waals surface area contributed by atoms with Crippen molar-refractivity contribution in [1.29, 1.82) is 0 Å². The average molecular weight is 282 g/mol. The SMILES string of the molecule is CCCn1c(C(=O)O)ccc1-c1ccc(F)c(Cl)c1. The number of benzene rings is 1. The summed E-state index contributed by atoms with van der Waals surface area (Å²) in [5, 5.41) is 9.17. The lowest BCUT2D eigenvalue weighted by Crippen LogP contribution is -2.09. The summed E-state index contributed by atoms with van der Waals surface area (Å²) >= 11 is 5.76. The van der Waals surface area contributed by atoms with Gasteiger partial charge in [-0.3, -0.25) is 0 Å². The van der Waals surface area contributed by atoms with Crippen LogP contribution >= 0.6 is 11.6 Å². The number of halogens is 2. The molecule has 0 aliphatic heterocycles. The molecule has 2 aromatic rings. The van der Waals surface area contributed by atoms with Gasteiger partial charge in [-0.25, -0.2) is 9.18 Å². The third-order valence-electron chi connectivity index (χ3n) is 2.86. The Morgan fingerprint density at radius 1 is 1.37 bits per heavy atom. The summed E-state index contributed by atoms with van der Waals surface area (Å²) in [6.07, 6.45) is 0.802. The first-order valence-corrected chi connectivity index (χ1v) is 6.30. The van der Waals surface area contributed by atoms with Crippen molar-refractivity contribution < 1.29 is 14.3 Å². The largest absolute Gasteiger partial charge is 0.477 e. The Balaban J connectivity index is 2.55. The molecule has 19 heavy (non-hydrogen) atoms. The number of nitrogens with zero attached hydrogens (tertiary/aromatic N) is 1. The summed E-state index contributed by atoms with van der Waals surface area (Å²) in [6, 6.07) is 7.63. The van der Waals surface area contributed by atoms with E-state index in [1.54, 1.807) is 22.8 Å². The molecule has 0 spiro atoms. The monoisotopic (exact) mass is 281 g/mol. The van der Waals surface area contributed by atoms with Gasteiger partial charge < -0.3 is 9.67 Å². The van der Waals surface area contributed by atoms with Crippen molar-refractivity contribution in [3.05, 3.63) is 46.9 Å². The zero-order valence-electron chi connectivity index (χ0n) is 10.4. The van der Waals surface area contributed by atoms with Crippen molar-refractivity contribution in [2.24, 2.45) is 0 Å². The van der Waals surface area contributed by atoms with Crippen molar-refractivity contribution >= 4 is 17.6 Å². The van der Waals surface area contributed by atoms with E-state index in [4.69, 9.17) is 16.7 Å². The second-order valence-corrected chi connectivity index (χ2v) is 4.60. The van der Waals surface area contributed by atoms with Gasteiger partial charge in [0.2, 0.25) is 0 Å². The molecule has 2 rings (SSSR count).